The van der Waals surface area contributed by atoms with Crippen LogP contribution in [0.1, 0.15) is 18.6 Å². The number of nitrogens with zero attached hydrogens (tertiary/aromatic N) is 4. The molecule has 0 amide bonds. The third-order valence-corrected chi connectivity index (χ3v) is 4.90. The molecule has 0 aliphatic heterocycles. The number of pyridine rings is 1. The van der Waals surface area contributed by atoms with Gasteiger partial charge in [0.2, 0.25) is 0 Å². The van der Waals surface area contributed by atoms with Crippen LogP contribution in [-0.2, 0) is 4.74 Å². The molecular formula is C23H22N4O2. The molecule has 1 unspecified atom stereocenters. The SMILES string of the molecule is COC(C)c1ccc(N(C)c2ccc(Oc3ncc4ccncc4n3)cc2)cc1. The van der Waals surface area contributed by atoms with Gasteiger partial charge in [0.15, 0.2) is 0 Å². The predicted molar refractivity (Wildman–Crippen MR) is 114 cm³/mol. The van der Waals surface area contributed by atoms with Crippen LogP contribution in [0.2, 0.25) is 0 Å². The minimum Gasteiger partial charge on any atom is -0.424 e. The van der Waals surface area contributed by atoms with E-state index < -0.39 is 0 Å². The van der Waals surface area contributed by atoms with Gasteiger partial charge in [0, 0.05) is 43.3 Å². The zero-order valence-electron chi connectivity index (χ0n) is 16.6. The number of methoxy groups -OCH3 is 1. The van der Waals surface area contributed by atoms with Crippen molar-refractivity contribution in [2.75, 3.05) is 19.1 Å². The Morgan fingerprint density at radius 3 is 2.28 bits per heavy atom. The summed E-state index contributed by atoms with van der Waals surface area (Å²) < 4.78 is 11.2. The van der Waals surface area contributed by atoms with Gasteiger partial charge in [-0.2, -0.15) is 4.98 Å². The smallest absolute Gasteiger partial charge is 0.322 e. The van der Waals surface area contributed by atoms with Crippen molar-refractivity contribution in [2.24, 2.45) is 0 Å². The van der Waals surface area contributed by atoms with Crippen LogP contribution in [0.4, 0.5) is 11.4 Å². The molecule has 0 spiro atoms. The lowest BCUT2D eigenvalue weighted by Gasteiger charge is -2.20. The number of benzene rings is 2. The molecule has 2 heterocycles. The summed E-state index contributed by atoms with van der Waals surface area (Å²) in [4.78, 5) is 14.8. The van der Waals surface area contributed by atoms with Gasteiger partial charge in [-0.3, -0.25) is 4.98 Å². The van der Waals surface area contributed by atoms with Crippen LogP contribution in [-0.4, -0.2) is 29.1 Å². The highest BCUT2D eigenvalue weighted by atomic mass is 16.5. The lowest BCUT2D eigenvalue weighted by Crippen LogP contribution is -2.09. The van der Waals surface area contributed by atoms with E-state index in [1.807, 2.05) is 44.3 Å². The Morgan fingerprint density at radius 2 is 1.59 bits per heavy atom. The van der Waals surface area contributed by atoms with E-state index in [0.717, 1.165) is 27.8 Å². The van der Waals surface area contributed by atoms with Crippen molar-refractivity contribution in [2.45, 2.75) is 13.0 Å². The predicted octanol–water partition coefficient (Wildman–Crippen LogP) is 5.29. The number of fused-ring (bicyclic) bond motifs is 1. The number of rotatable bonds is 6. The van der Waals surface area contributed by atoms with Crippen LogP contribution in [0, 0.1) is 0 Å². The highest BCUT2D eigenvalue weighted by Crippen LogP contribution is 2.28. The van der Waals surface area contributed by atoms with Crippen LogP contribution in [0.5, 0.6) is 11.8 Å². The summed E-state index contributed by atoms with van der Waals surface area (Å²) in [6.07, 6.45) is 5.22. The first kappa shape index (κ1) is 18.8. The number of hydrogen-bond donors (Lipinski definition) is 0. The van der Waals surface area contributed by atoms with Gasteiger partial charge >= 0.3 is 6.01 Å². The Hall–Kier alpha value is -3.51. The minimum absolute atomic E-state index is 0.0823. The van der Waals surface area contributed by atoms with Crippen LogP contribution in [0.25, 0.3) is 10.9 Å². The monoisotopic (exact) mass is 386 g/mol. The molecule has 0 aliphatic carbocycles. The summed E-state index contributed by atoms with van der Waals surface area (Å²) in [6.45, 7) is 2.03. The molecule has 2 aromatic carbocycles. The molecule has 0 radical (unpaired) electrons. The number of anilines is 2. The standard InChI is InChI=1S/C23H22N4O2/c1-16(28-3)17-4-6-19(7-5-17)27(2)20-8-10-21(11-9-20)29-23-25-14-18-12-13-24-15-22(18)26-23/h4-16H,1-3H3. The summed E-state index contributed by atoms with van der Waals surface area (Å²) >= 11 is 0. The fraction of sp³-hybridized carbons (Fsp3) is 0.174. The van der Waals surface area contributed by atoms with E-state index in [1.165, 1.54) is 0 Å². The second kappa shape index (κ2) is 8.24. The Labute approximate surface area is 169 Å². The normalized spacial score (nSPS) is 12.0. The quantitative estimate of drug-likeness (QED) is 0.449. The molecule has 4 rings (SSSR count). The summed E-state index contributed by atoms with van der Waals surface area (Å²) in [5.74, 6) is 0.676. The lowest BCUT2D eigenvalue weighted by atomic mass is 10.1. The van der Waals surface area contributed by atoms with Crippen molar-refractivity contribution in [3.8, 4) is 11.8 Å². The van der Waals surface area contributed by atoms with Crippen molar-refractivity contribution < 1.29 is 9.47 Å². The van der Waals surface area contributed by atoms with E-state index in [9.17, 15) is 0 Å². The van der Waals surface area contributed by atoms with E-state index in [0.29, 0.717) is 11.8 Å². The highest BCUT2D eigenvalue weighted by Gasteiger charge is 2.08. The first-order valence-corrected chi connectivity index (χ1v) is 9.35. The fourth-order valence-electron chi connectivity index (χ4n) is 3.00. The van der Waals surface area contributed by atoms with Gasteiger partial charge < -0.3 is 14.4 Å². The largest absolute Gasteiger partial charge is 0.424 e. The van der Waals surface area contributed by atoms with Gasteiger partial charge in [-0.05, 0) is 55.0 Å². The molecule has 0 fully saturated rings. The van der Waals surface area contributed by atoms with Crippen molar-refractivity contribution in [3.63, 3.8) is 0 Å². The van der Waals surface area contributed by atoms with E-state index in [-0.39, 0.29) is 6.10 Å². The topological polar surface area (TPSA) is 60.4 Å². The van der Waals surface area contributed by atoms with Gasteiger partial charge in [-0.1, -0.05) is 12.1 Å². The van der Waals surface area contributed by atoms with E-state index >= 15 is 0 Å². The van der Waals surface area contributed by atoms with Crippen molar-refractivity contribution in [1.82, 2.24) is 15.0 Å². The third kappa shape index (κ3) is 4.17. The van der Waals surface area contributed by atoms with Crippen LogP contribution in [0.3, 0.4) is 0 Å². The average Bonchev–Trinajstić information content (AvgIpc) is 2.78. The Balaban J connectivity index is 1.47. The Bertz CT molecular complexity index is 1100. The molecule has 1 atom stereocenters. The van der Waals surface area contributed by atoms with Gasteiger partial charge in [0.1, 0.15) is 5.75 Å². The molecule has 2 aromatic heterocycles. The molecular weight excluding hydrogens is 364 g/mol. The van der Waals surface area contributed by atoms with E-state index in [1.54, 1.807) is 25.7 Å². The molecule has 146 valence electrons. The number of ether oxygens (including phenoxy) is 2. The third-order valence-electron chi connectivity index (χ3n) is 4.90. The molecule has 0 aliphatic rings. The van der Waals surface area contributed by atoms with Crippen LogP contribution in [0.15, 0.2) is 73.2 Å². The molecule has 6 nitrogen and oxygen atoms in total. The van der Waals surface area contributed by atoms with Crippen LogP contribution < -0.4 is 9.64 Å². The summed E-state index contributed by atoms with van der Waals surface area (Å²) in [7, 11) is 3.75. The maximum absolute atomic E-state index is 5.80. The molecule has 6 heteroatoms. The van der Waals surface area contributed by atoms with E-state index in [2.05, 4.69) is 44.1 Å². The average molecular weight is 386 g/mol. The highest BCUT2D eigenvalue weighted by molar-refractivity contribution is 5.76. The fourth-order valence-corrected chi connectivity index (χ4v) is 3.00. The molecule has 29 heavy (non-hydrogen) atoms. The Morgan fingerprint density at radius 1 is 0.897 bits per heavy atom. The first-order valence-electron chi connectivity index (χ1n) is 9.35. The maximum atomic E-state index is 5.80. The molecule has 0 saturated carbocycles. The second-order valence-corrected chi connectivity index (χ2v) is 6.71. The van der Waals surface area contributed by atoms with Gasteiger partial charge in [-0.25, -0.2) is 4.98 Å². The zero-order chi connectivity index (χ0) is 20.2. The van der Waals surface area contributed by atoms with Gasteiger partial charge in [0.05, 0.1) is 17.8 Å². The maximum Gasteiger partial charge on any atom is 0.322 e. The molecule has 0 saturated heterocycles. The molecule has 0 N–H and O–H groups in total. The number of aromatic nitrogens is 3. The summed E-state index contributed by atoms with van der Waals surface area (Å²) in [6, 6.07) is 18.3. The second-order valence-electron chi connectivity index (χ2n) is 6.71. The summed E-state index contributed by atoms with van der Waals surface area (Å²) in [5, 5.41) is 0.926. The lowest BCUT2D eigenvalue weighted by molar-refractivity contribution is 0.119. The number of hydrogen-bond acceptors (Lipinski definition) is 6. The minimum atomic E-state index is 0.0823. The van der Waals surface area contributed by atoms with E-state index in [4.69, 9.17) is 9.47 Å². The van der Waals surface area contributed by atoms with Crippen molar-refractivity contribution in [3.05, 3.63) is 78.8 Å². The molecule has 4 aromatic rings. The van der Waals surface area contributed by atoms with Crippen molar-refractivity contribution in [1.29, 1.82) is 0 Å². The Kier molecular flexibility index (Phi) is 5.35. The van der Waals surface area contributed by atoms with Crippen molar-refractivity contribution >= 4 is 22.3 Å². The van der Waals surface area contributed by atoms with Gasteiger partial charge in [0.25, 0.3) is 0 Å². The molecule has 0 bridgehead atoms. The first-order chi connectivity index (χ1) is 14.1. The zero-order valence-corrected chi connectivity index (χ0v) is 16.6. The summed E-state index contributed by atoms with van der Waals surface area (Å²) in [5.41, 5.74) is 4.05. The van der Waals surface area contributed by atoms with Crippen LogP contribution >= 0.6 is 0 Å². The van der Waals surface area contributed by atoms with Gasteiger partial charge in [-0.15, -0.1) is 0 Å².